The molecule has 0 bridgehead atoms. The number of nitrogens with zero attached hydrogens (tertiary/aromatic N) is 3. The molecule has 3 aromatic rings. The molecule has 1 amide bonds. The number of fused-ring (bicyclic) bond motifs is 1. The van der Waals surface area contributed by atoms with Crippen LogP contribution in [0.1, 0.15) is 28.2 Å². The second-order valence-corrected chi connectivity index (χ2v) is 8.74. The number of aromatic nitrogens is 2. The van der Waals surface area contributed by atoms with E-state index in [1.165, 1.54) is 6.20 Å². The highest BCUT2D eigenvalue weighted by Gasteiger charge is 2.23. The molecule has 0 spiro atoms. The Morgan fingerprint density at radius 3 is 2.66 bits per heavy atom. The Kier molecular flexibility index (Phi) is 7.49. The molecule has 0 saturated heterocycles. The number of amides is 1. The fourth-order valence-corrected chi connectivity index (χ4v) is 4.24. The van der Waals surface area contributed by atoms with E-state index in [0.717, 1.165) is 22.3 Å². The van der Waals surface area contributed by atoms with Crippen LogP contribution in [-0.2, 0) is 16.1 Å². The van der Waals surface area contributed by atoms with Crippen molar-refractivity contribution in [2.24, 2.45) is 0 Å². The van der Waals surface area contributed by atoms with Gasteiger partial charge >= 0.3 is 11.9 Å². The molecular weight excluding hydrogens is 479 g/mol. The summed E-state index contributed by atoms with van der Waals surface area (Å²) in [4.78, 5) is 44.5. The molecule has 1 atom stereocenters. The number of hydrogen-bond donors (Lipinski definition) is 3. The number of rotatable bonds is 9. The maximum absolute atomic E-state index is 12.4. The predicted octanol–water partition coefficient (Wildman–Crippen LogP) is 3.68. The largest absolute Gasteiger partial charge is 0.481 e. The normalized spacial score (nSPS) is 11.8. The quantitative estimate of drug-likeness (QED) is 0.382. The van der Waals surface area contributed by atoms with Crippen LogP contribution in [-0.4, -0.2) is 51.1 Å². The first-order chi connectivity index (χ1) is 15.1. The zero-order chi connectivity index (χ0) is 23.4. The summed E-state index contributed by atoms with van der Waals surface area (Å²) in [5.41, 5.74) is 1.63. The number of carboxylic acid groups (broad SMARTS) is 2. The van der Waals surface area contributed by atoms with E-state index in [4.69, 9.17) is 28.3 Å². The van der Waals surface area contributed by atoms with Gasteiger partial charge in [-0.3, -0.25) is 9.59 Å². The lowest BCUT2D eigenvalue weighted by Gasteiger charge is -2.17. The summed E-state index contributed by atoms with van der Waals surface area (Å²) in [6.45, 7) is 0.495. The molecule has 0 aliphatic carbocycles. The second kappa shape index (κ2) is 10.1. The first kappa shape index (κ1) is 23.7. The van der Waals surface area contributed by atoms with Crippen molar-refractivity contribution < 1.29 is 24.6 Å². The Morgan fingerprint density at radius 1 is 1.22 bits per heavy atom. The van der Waals surface area contributed by atoms with Crippen LogP contribution in [0.3, 0.4) is 0 Å². The van der Waals surface area contributed by atoms with Gasteiger partial charge in [0.05, 0.1) is 16.7 Å². The fourth-order valence-electron chi connectivity index (χ4n) is 2.94. The minimum Gasteiger partial charge on any atom is -0.481 e. The van der Waals surface area contributed by atoms with E-state index < -0.39 is 23.9 Å². The van der Waals surface area contributed by atoms with Gasteiger partial charge < -0.3 is 20.4 Å². The van der Waals surface area contributed by atoms with Crippen molar-refractivity contribution in [2.45, 2.75) is 25.4 Å². The van der Waals surface area contributed by atoms with Crippen molar-refractivity contribution in [3.8, 4) is 0 Å². The van der Waals surface area contributed by atoms with Gasteiger partial charge in [-0.05, 0) is 30.2 Å². The Balaban J connectivity index is 1.69. The molecule has 3 N–H and O–H groups in total. The molecule has 32 heavy (non-hydrogen) atoms. The number of carbonyl (C=O) groups excluding carboxylic acids is 1. The highest BCUT2D eigenvalue weighted by molar-refractivity contribution is 7.17. The van der Waals surface area contributed by atoms with Gasteiger partial charge in [0.25, 0.3) is 5.91 Å². The molecule has 12 heteroatoms. The number of carboxylic acids is 2. The summed E-state index contributed by atoms with van der Waals surface area (Å²) >= 11 is 13.3. The van der Waals surface area contributed by atoms with Crippen LogP contribution in [0.4, 0.5) is 5.00 Å². The molecule has 0 aliphatic rings. The van der Waals surface area contributed by atoms with E-state index in [2.05, 4.69) is 15.3 Å². The number of nitrogens with one attached hydrogen (secondary N) is 1. The Bertz CT molecular complexity index is 1190. The second-order valence-electron chi connectivity index (χ2n) is 6.93. The van der Waals surface area contributed by atoms with E-state index in [9.17, 15) is 19.5 Å². The van der Waals surface area contributed by atoms with Crippen molar-refractivity contribution in [2.75, 3.05) is 11.9 Å². The number of thiazole rings is 1. The molecule has 3 rings (SSSR count). The van der Waals surface area contributed by atoms with E-state index in [-0.39, 0.29) is 17.8 Å². The SMILES string of the molecule is CN(Cc1ccc2nc(Cl)cc(Cl)c2c1)c1cnc(C(=O)N[C@@H](CCC(=O)O)C(=O)O)s1. The predicted molar refractivity (Wildman–Crippen MR) is 122 cm³/mol. The molecule has 1 aromatic carbocycles. The highest BCUT2D eigenvalue weighted by atomic mass is 35.5. The smallest absolute Gasteiger partial charge is 0.326 e. The van der Waals surface area contributed by atoms with E-state index in [1.54, 1.807) is 6.07 Å². The van der Waals surface area contributed by atoms with Gasteiger partial charge in [-0.2, -0.15) is 0 Å². The van der Waals surface area contributed by atoms with Gasteiger partial charge in [0.2, 0.25) is 0 Å². The molecule has 0 radical (unpaired) electrons. The molecule has 2 aromatic heterocycles. The van der Waals surface area contributed by atoms with E-state index in [1.807, 2.05) is 30.1 Å². The lowest BCUT2D eigenvalue weighted by molar-refractivity contribution is -0.140. The molecule has 0 fully saturated rings. The molecule has 0 unspecified atom stereocenters. The van der Waals surface area contributed by atoms with E-state index in [0.29, 0.717) is 27.2 Å². The van der Waals surface area contributed by atoms with Gasteiger partial charge in [-0.1, -0.05) is 40.6 Å². The zero-order valence-electron chi connectivity index (χ0n) is 16.7. The first-order valence-corrected chi connectivity index (χ1v) is 10.9. The number of aliphatic carboxylic acids is 2. The van der Waals surface area contributed by atoms with Crippen LogP contribution < -0.4 is 10.2 Å². The maximum atomic E-state index is 12.4. The van der Waals surface area contributed by atoms with E-state index >= 15 is 0 Å². The van der Waals surface area contributed by atoms with Crippen LogP contribution in [0.25, 0.3) is 10.9 Å². The van der Waals surface area contributed by atoms with Crippen molar-refractivity contribution in [1.29, 1.82) is 0 Å². The number of anilines is 1. The lowest BCUT2D eigenvalue weighted by Crippen LogP contribution is -2.41. The fraction of sp³-hybridized carbons (Fsp3) is 0.250. The average Bonchev–Trinajstić information content (AvgIpc) is 3.21. The van der Waals surface area contributed by atoms with Crippen LogP contribution in [0.2, 0.25) is 10.2 Å². The molecule has 168 valence electrons. The highest BCUT2D eigenvalue weighted by Crippen LogP contribution is 2.28. The van der Waals surface area contributed by atoms with Gasteiger partial charge in [-0.15, -0.1) is 0 Å². The molecule has 0 aliphatic heterocycles. The van der Waals surface area contributed by atoms with Crippen molar-refractivity contribution in [3.05, 3.63) is 51.2 Å². The Morgan fingerprint density at radius 2 is 1.97 bits per heavy atom. The zero-order valence-corrected chi connectivity index (χ0v) is 19.0. The summed E-state index contributed by atoms with van der Waals surface area (Å²) in [7, 11) is 1.83. The third-order valence-electron chi connectivity index (χ3n) is 4.53. The molecule has 9 nitrogen and oxygen atoms in total. The standard InChI is InChI=1S/C20H18Cl2N4O5S/c1-26(9-10-2-3-13-11(6-10)12(21)7-15(22)24-13)16-8-23-19(32-16)18(29)25-14(20(30)31)4-5-17(27)28/h2-3,6-8,14H,4-5,9H2,1H3,(H,25,29)(H,27,28)(H,30,31)/t14-/m0/s1. The summed E-state index contributed by atoms with van der Waals surface area (Å²) < 4.78 is 0. The van der Waals surface area contributed by atoms with Crippen LogP contribution >= 0.6 is 34.5 Å². The van der Waals surface area contributed by atoms with Crippen molar-refractivity contribution in [1.82, 2.24) is 15.3 Å². The summed E-state index contributed by atoms with van der Waals surface area (Å²) in [5, 5.41) is 22.6. The maximum Gasteiger partial charge on any atom is 0.326 e. The lowest BCUT2D eigenvalue weighted by atomic mass is 10.1. The van der Waals surface area contributed by atoms with Gasteiger partial charge in [-0.25, -0.2) is 14.8 Å². The summed E-state index contributed by atoms with van der Waals surface area (Å²) in [6.07, 6.45) is 0.918. The molecule has 2 heterocycles. The third-order valence-corrected chi connectivity index (χ3v) is 6.14. The number of pyridine rings is 1. The number of hydrogen-bond acceptors (Lipinski definition) is 7. The van der Waals surface area contributed by atoms with Gasteiger partial charge in [0.1, 0.15) is 16.2 Å². The van der Waals surface area contributed by atoms with Crippen LogP contribution in [0.5, 0.6) is 0 Å². The topological polar surface area (TPSA) is 133 Å². The minimum absolute atomic E-state index is 0.0776. The number of halogens is 2. The minimum atomic E-state index is -1.31. The van der Waals surface area contributed by atoms with Gasteiger partial charge in [0.15, 0.2) is 5.01 Å². The number of carbonyl (C=O) groups is 3. The third kappa shape index (κ3) is 5.84. The van der Waals surface area contributed by atoms with Crippen LogP contribution in [0.15, 0.2) is 30.5 Å². The monoisotopic (exact) mass is 496 g/mol. The summed E-state index contributed by atoms with van der Waals surface area (Å²) in [6, 6.07) is 5.89. The van der Waals surface area contributed by atoms with Crippen molar-refractivity contribution in [3.63, 3.8) is 0 Å². The van der Waals surface area contributed by atoms with Crippen molar-refractivity contribution >= 4 is 68.3 Å². The van der Waals surface area contributed by atoms with Crippen LogP contribution in [0, 0.1) is 0 Å². The first-order valence-electron chi connectivity index (χ1n) is 9.31. The molecule has 0 saturated carbocycles. The summed E-state index contributed by atoms with van der Waals surface area (Å²) in [5.74, 6) is -3.12. The Hall–Kier alpha value is -2.95. The Labute approximate surface area is 196 Å². The number of benzene rings is 1. The average molecular weight is 497 g/mol. The molecular formula is C20H18Cl2N4O5S. The van der Waals surface area contributed by atoms with Gasteiger partial charge in [0, 0.05) is 25.4 Å².